The van der Waals surface area contributed by atoms with Crippen LogP contribution in [0.15, 0.2) is 46.9 Å². The highest BCUT2D eigenvalue weighted by molar-refractivity contribution is 9.10. The van der Waals surface area contributed by atoms with Crippen molar-refractivity contribution in [3.05, 3.63) is 63.1 Å². The Balaban J connectivity index is 2.06. The number of hydrogen-bond acceptors (Lipinski definition) is 3. The van der Waals surface area contributed by atoms with E-state index in [1.165, 1.54) is 18.2 Å². The maximum atomic E-state index is 11.9. The van der Waals surface area contributed by atoms with Crippen molar-refractivity contribution < 1.29 is 14.7 Å². The Morgan fingerprint density at radius 3 is 2.29 bits per heavy atom. The molecule has 0 unspecified atom stereocenters. The fourth-order valence-corrected chi connectivity index (χ4v) is 2.17. The molecule has 0 fully saturated rings. The Hall–Kier alpha value is -2.05. The Morgan fingerprint density at radius 2 is 1.62 bits per heavy atom. The third kappa shape index (κ3) is 3.74. The van der Waals surface area contributed by atoms with Gasteiger partial charge in [-0.25, -0.2) is 0 Å². The number of carbonyl (C=O) groups excluding carboxylic acids is 2. The van der Waals surface area contributed by atoms with Gasteiger partial charge in [-0.3, -0.25) is 20.4 Å². The number of hydrazine groups is 1. The van der Waals surface area contributed by atoms with E-state index in [4.69, 9.17) is 11.6 Å². The van der Waals surface area contributed by atoms with Crippen LogP contribution >= 0.6 is 27.5 Å². The summed E-state index contributed by atoms with van der Waals surface area (Å²) >= 11 is 9.07. The molecule has 2 amide bonds. The Morgan fingerprint density at radius 1 is 1.00 bits per heavy atom. The first-order valence-electron chi connectivity index (χ1n) is 5.83. The van der Waals surface area contributed by atoms with Crippen LogP contribution in [0.1, 0.15) is 20.7 Å². The standard InChI is InChI=1S/C14H10BrClN2O3/c15-8-5-6-12(19)10(7-8)14(21)18-17-13(20)9-3-1-2-4-11(9)16/h1-7,19H,(H,17,20)(H,18,21). The Kier molecular flexibility index (Phi) is 4.82. The zero-order valence-electron chi connectivity index (χ0n) is 10.6. The van der Waals surface area contributed by atoms with Crippen LogP contribution < -0.4 is 10.9 Å². The quantitative estimate of drug-likeness (QED) is 0.712. The SMILES string of the molecule is O=C(NNC(=O)c1ccccc1Cl)c1cc(Br)ccc1O. The maximum Gasteiger partial charge on any atom is 0.273 e. The van der Waals surface area contributed by atoms with Gasteiger partial charge in [0.15, 0.2) is 0 Å². The van der Waals surface area contributed by atoms with E-state index in [2.05, 4.69) is 26.8 Å². The number of carbonyl (C=O) groups is 2. The van der Waals surface area contributed by atoms with E-state index in [1.54, 1.807) is 24.3 Å². The van der Waals surface area contributed by atoms with Crippen LogP contribution in [0.5, 0.6) is 5.75 Å². The van der Waals surface area contributed by atoms with Crippen LogP contribution in [-0.2, 0) is 0 Å². The minimum absolute atomic E-state index is 0.0313. The van der Waals surface area contributed by atoms with Crippen LogP contribution in [0, 0.1) is 0 Å². The van der Waals surface area contributed by atoms with Crippen LogP contribution in [0.2, 0.25) is 5.02 Å². The highest BCUT2D eigenvalue weighted by atomic mass is 79.9. The fraction of sp³-hybridized carbons (Fsp3) is 0. The van der Waals surface area contributed by atoms with Crippen molar-refractivity contribution in [2.75, 3.05) is 0 Å². The number of aromatic hydroxyl groups is 1. The lowest BCUT2D eigenvalue weighted by Crippen LogP contribution is -2.41. The van der Waals surface area contributed by atoms with Gasteiger partial charge in [0.2, 0.25) is 0 Å². The zero-order valence-corrected chi connectivity index (χ0v) is 12.9. The van der Waals surface area contributed by atoms with Gasteiger partial charge in [-0.05, 0) is 30.3 Å². The molecule has 0 aliphatic heterocycles. The van der Waals surface area contributed by atoms with Crippen LogP contribution in [0.4, 0.5) is 0 Å². The molecule has 7 heteroatoms. The van der Waals surface area contributed by atoms with E-state index in [9.17, 15) is 14.7 Å². The third-order valence-corrected chi connectivity index (χ3v) is 3.43. The topological polar surface area (TPSA) is 78.4 Å². The van der Waals surface area contributed by atoms with Gasteiger partial charge in [-0.1, -0.05) is 39.7 Å². The molecule has 3 N–H and O–H groups in total. The minimum Gasteiger partial charge on any atom is -0.507 e. The normalized spacial score (nSPS) is 10.0. The van der Waals surface area contributed by atoms with E-state index >= 15 is 0 Å². The number of phenols is 1. The second-order valence-electron chi connectivity index (χ2n) is 4.05. The lowest BCUT2D eigenvalue weighted by molar-refractivity contribution is 0.0845. The molecule has 0 heterocycles. The van der Waals surface area contributed by atoms with Gasteiger partial charge in [0, 0.05) is 4.47 Å². The molecular weight excluding hydrogens is 360 g/mol. The smallest absolute Gasteiger partial charge is 0.273 e. The highest BCUT2D eigenvalue weighted by Crippen LogP contribution is 2.21. The van der Waals surface area contributed by atoms with Gasteiger partial charge in [0.25, 0.3) is 11.8 Å². The van der Waals surface area contributed by atoms with Gasteiger partial charge in [0.1, 0.15) is 5.75 Å². The predicted octanol–water partition coefficient (Wildman–Crippen LogP) is 2.88. The molecule has 0 aliphatic rings. The largest absolute Gasteiger partial charge is 0.507 e. The van der Waals surface area contributed by atoms with Crippen LogP contribution in [0.3, 0.4) is 0 Å². The summed E-state index contributed by atoms with van der Waals surface area (Å²) in [5.41, 5.74) is 4.72. The predicted molar refractivity (Wildman–Crippen MR) is 82.2 cm³/mol. The first-order valence-corrected chi connectivity index (χ1v) is 7.00. The lowest BCUT2D eigenvalue weighted by atomic mass is 10.2. The highest BCUT2D eigenvalue weighted by Gasteiger charge is 2.14. The molecule has 0 saturated heterocycles. The summed E-state index contributed by atoms with van der Waals surface area (Å²) < 4.78 is 0.628. The van der Waals surface area contributed by atoms with Crippen molar-refractivity contribution >= 4 is 39.3 Å². The molecule has 0 radical (unpaired) electrons. The van der Waals surface area contributed by atoms with E-state index < -0.39 is 11.8 Å². The Bertz CT molecular complexity index is 706. The van der Waals surface area contributed by atoms with Crippen LogP contribution in [-0.4, -0.2) is 16.9 Å². The third-order valence-electron chi connectivity index (χ3n) is 2.61. The zero-order chi connectivity index (χ0) is 15.4. The van der Waals surface area contributed by atoms with E-state index in [0.29, 0.717) is 4.47 Å². The summed E-state index contributed by atoms with van der Waals surface area (Å²) in [6, 6.07) is 10.8. The monoisotopic (exact) mass is 368 g/mol. The summed E-state index contributed by atoms with van der Waals surface area (Å²) in [5.74, 6) is -1.39. The average molecular weight is 370 g/mol. The number of nitrogens with one attached hydrogen (secondary N) is 2. The van der Waals surface area contributed by atoms with Gasteiger partial charge in [-0.15, -0.1) is 0 Å². The molecule has 2 aromatic carbocycles. The van der Waals surface area contributed by atoms with E-state index in [-0.39, 0.29) is 21.9 Å². The second-order valence-corrected chi connectivity index (χ2v) is 5.37. The molecule has 0 bridgehead atoms. The maximum absolute atomic E-state index is 11.9. The van der Waals surface area contributed by atoms with Gasteiger partial charge >= 0.3 is 0 Å². The molecule has 5 nitrogen and oxygen atoms in total. The van der Waals surface area contributed by atoms with Crippen molar-refractivity contribution in [2.45, 2.75) is 0 Å². The second kappa shape index (κ2) is 6.60. The lowest BCUT2D eigenvalue weighted by Gasteiger charge is -2.09. The molecule has 0 atom stereocenters. The summed E-state index contributed by atoms with van der Waals surface area (Å²) in [7, 11) is 0. The number of amides is 2. The summed E-state index contributed by atoms with van der Waals surface area (Å²) in [6.45, 7) is 0. The van der Waals surface area contributed by atoms with Crippen LogP contribution in [0.25, 0.3) is 0 Å². The summed E-state index contributed by atoms with van der Waals surface area (Å²) in [4.78, 5) is 23.8. The molecule has 0 spiro atoms. The number of phenolic OH excluding ortho intramolecular Hbond substituents is 1. The number of benzene rings is 2. The van der Waals surface area contributed by atoms with Gasteiger partial charge < -0.3 is 5.11 Å². The Labute approximate surface area is 134 Å². The summed E-state index contributed by atoms with van der Waals surface area (Å²) in [5, 5.41) is 9.89. The molecule has 108 valence electrons. The molecule has 21 heavy (non-hydrogen) atoms. The minimum atomic E-state index is -0.644. The number of hydrogen-bond donors (Lipinski definition) is 3. The van der Waals surface area contributed by atoms with Gasteiger partial charge in [-0.2, -0.15) is 0 Å². The fourth-order valence-electron chi connectivity index (χ4n) is 1.58. The van der Waals surface area contributed by atoms with Crippen molar-refractivity contribution in [1.82, 2.24) is 10.9 Å². The first-order chi connectivity index (χ1) is 9.99. The van der Waals surface area contributed by atoms with E-state index in [0.717, 1.165) is 0 Å². The number of rotatable bonds is 2. The van der Waals surface area contributed by atoms with Crippen molar-refractivity contribution in [2.24, 2.45) is 0 Å². The molecule has 2 aromatic rings. The average Bonchev–Trinajstić information content (AvgIpc) is 2.47. The molecule has 0 aliphatic carbocycles. The molecule has 0 saturated carbocycles. The molecule has 2 rings (SSSR count). The first kappa shape index (κ1) is 15.3. The molecule has 0 aromatic heterocycles. The van der Waals surface area contributed by atoms with Gasteiger partial charge in [0.05, 0.1) is 16.1 Å². The molecular formula is C14H10BrClN2O3. The van der Waals surface area contributed by atoms with E-state index in [1.807, 2.05) is 0 Å². The van der Waals surface area contributed by atoms with Crippen molar-refractivity contribution in [1.29, 1.82) is 0 Å². The summed E-state index contributed by atoms with van der Waals surface area (Å²) in [6.07, 6.45) is 0. The van der Waals surface area contributed by atoms with Crippen molar-refractivity contribution in [3.63, 3.8) is 0 Å². The van der Waals surface area contributed by atoms with Crippen molar-refractivity contribution in [3.8, 4) is 5.75 Å². The number of halogens is 2.